The highest BCUT2D eigenvalue weighted by atomic mass is 19.1. The molecule has 1 aromatic rings. The molecule has 0 amide bonds. The molecular formula is C13H18FN3O3. The smallest absolute Gasteiger partial charge is 0.313 e. The molecule has 2 rings (SSSR count). The number of benzene rings is 1. The van der Waals surface area contributed by atoms with E-state index in [1.54, 1.807) is 0 Å². The van der Waals surface area contributed by atoms with E-state index in [0.717, 1.165) is 25.5 Å². The highest BCUT2D eigenvalue weighted by molar-refractivity contribution is 5.59. The minimum atomic E-state index is -0.656. The molecule has 20 heavy (non-hydrogen) atoms. The lowest BCUT2D eigenvalue weighted by atomic mass is 10.2. The first-order valence-corrected chi connectivity index (χ1v) is 6.49. The maximum atomic E-state index is 13.9. The van der Waals surface area contributed by atoms with E-state index in [0.29, 0.717) is 12.6 Å². The summed E-state index contributed by atoms with van der Waals surface area (Å²) in [4.78, 5) is 12.3. The zero-order valence-corrected chi connectivity index (χ0v) is 11.6. The first kappa shape index (κ1) is 14.5. The molecule has 1 heterocycles. The Bertz CT molecular complexity index is 510. The lowest BCUT2D eigenvalue weighted by Crippen LogP contribution is -2.31. The Hall–Kier alpha value is -1.89. The molecule has 1 atom stereocenters. The van der Waals surface area contributed by atoms with E-state index in [-0.39, 0.29) is 17.1 Å². The maximum Gasteiger partial charge on any atom is 0.313 e. The number of nitro groups is 1. The normalized spacial score (nSPS) is 19.1. The number of nitro benzene ring substituents is 1. The van der Waals surface area contributed by atoms with Crippen LogP contribution in [-0.2, 0) is 0 Å². The fraction of sp³-hybridized carbons (Fsp3) is 0.538. The molecule has 1 saturated heterocycles. The van der Waals surface area contributed by atoms with Crippen LogP contribution in [0, 0.1) is 15.9 Å². The Morgan fingerprint density at radius 1 is 1.60 bits per heavy atom. The molecule has 0 aromatic heterocycles. The predicted octanol–water partition coefficient (Wildman–Crippen LogP) is 2.25. The van der Waals surface area contributed by atoms with Gasteiger partial charge in [0.15, 0.2) is 11.6 Å². The standard InChI is InChI=1S/C13H18FN3O3/c1-16-5-3-4-9(16)8-15-11-7-13(20-2)12(17(18)19)6-10(11)14/h6-7,9,15H,3-5,8H2,1-2H3. The van der Waals surface area contributed by atoms with Crippen LogP contribution in [0.3, 0.4) is 0 Å². The molecule has 1 aliphatic rings. The van der Waals surface area contributed by atoms with Gasteiger partial charge in [-0.2, -0.15) is 0 Å². The molecule has 1 aliphatic heterocycles. The highest BCUT2D eigenvalue weighted by Crippen LogP contribution is 2.32. The van der Waals surface area contributed by atoms with Gasteiger partial charge in [0.05, 0.1) is 23.8 Å². The second-order valence-electron chi connectivity index (χ2n) is 4.92. The van der Waals surface area contributed by atoms with E-state index >= 15 is 0 Å². The van der Waals surface area contributed by atoms with Crippen molar-refractivity contribution in [2.45, 2.75) is 18.9 Å². The van der Waals surface area contributed by atoms with E-state index in [9.17, 15) is 14.5 Å². The van der Waals surface area contributed by atoms with Crippen molar-refractivity contribution in [3.8, 4) is 5.75 Å². The van der Waals surface area contributed by atoms with Crippen molar-refractivity contribution in [2.75, 3.05) is 32.6 Å². The summed E-state index contributed by atoms with van der Waals surface area (Å²) in [5.41, 5.74) is -0.138. The van der Waals surface area contributed by atoms with Gasteiger partial charge in [0.1, 0.15) is 0 Å². The van der Waals surface area contributed by atoms with Crippen molar-refractivity contribution in [2.24, 2.45) is 0 Å². The Morgan fingerprint density at radius 3 is 2.90 bits per heavy atom. The van der Waals surface area contributed by atoms with E-state index in [1.807, 2.05) is 7.05 Å². The topological polar surface area (TPSA) is 67.6 Å². The largest absolute Gasteiger partial charge is 0.490 e. The van der Waals surface area contributed by atoms with Crippen molar-refractivity contribution in [3.63, 3.8) is 0 Å². The number of hydrogen-bond donors (Lipinski definition) is 1. The second-order valence-corrected chi connectivity index (χ2v) is 4.92. The van der Waals surface area contributed by atoms with Gasteiger partial charge in [-0.25, -0.2) is 4.39 Å². The van der Waals surface area contributed by atoms with Gasteiger partial charge in [0.2, 0.25) is 0 Å². The van der Waals surface area contributed by atoms with Gasteiger partial charge >= 0.3 is 5.69 Å². The van der Waals surface area contributed by atoms with Crippen LogP contribution in [0.15, 0.2) is 12.1 Å². The number of likely N-dealkylation sites (N-methyl/N-ethyl adjacent to an activating group) is 1. The zero-order chi connectivity index (χ0) is 14.7. The first-order valence-electron chi connectivity index (χ1n) is 6.49. The van der Waals surface area contributed by atoms with E-state index < -0.39 is 10.7 Å². The SMILES string of the molecule is COc1cc(NCC2CCCN2C)c(F)cc1[N+](=O)[O-]. The summed E-state index contributed by atoms with van der Waals surface area (Å²) in [6.07, 6.45) is 2.20. The minimum Gasteiger partial charge on any atom is -0.490 e. The summed E-state index contributed by atoms with van der Waals surface area (Å²) >= 11 is 0. The number of rotatable bonds is 5. The highest BCUT2D eigenvalue weighted by Gasteiger charge is 2.22. The van der Waals surface area contributed by atoms with E-state index in [1.165, 1.54) is 13.2 Å². The summed E-state index contributed by atoms with van der Waals surface area (Å²) in [6.45, 7) is 1.65. The number of ether oxygens (including phenoxy) is 1. The minimum absolute atomic E-state index is 0.0543. The van der Waals surface area contributed by atoms with Crippen LogP contribution < -0.4 is 10.1 Å². The third kappa shape index (κ3) is 2.98. The molecule has 1 unspecified atom stereocenters. The summed E-state index contributed by atoms with van der Waals surface area (Å²) in [6, 6.07) is 2.58. The van der Waals surface area contributed by atoms with Gasteiger partial charge in [0.25, 0.3) is 0 Å². The van der Waals surface area contributed by atoms with E-state index in [2.05, 4.69) is 10.2 Å². The van der Waals surface area contributed by atoms with Crippen molar-refractivity contribution in [3.05, 3.63) is 28.1 Å². The third-order valence-electron chi connectivity index (χ3n) is 3.66. The molecule has 0 aliphatic carbocycles. The van der Waals surface area contributed by atoms with Crippen LogP contribution >= 0.6 is 0 Å². The second kappa shape index (κ2) is 6.04. The molecule has 1 N–H and O–H groups in total. The molecule has 7 heteroatoms. The van der Waals surface area contributed by atoms with Gasteiger partial charge in [-0.15, -0.1) is 0 Å². The Balaban J connectivity index is 2.13. The predicted molar refractivity (Wildman–Crippen MR) is 73.7 cm³/mol. The Labute approximate surface area is 116 Å². The van der Waals surface area contributed by atoms with Crippen molar-refractivity contribution >= 4 is 11.4 Å². The number of likely N-dealkylation sites (tertiary alicyclic amines) is 1. The molecule has 0 spiro atoms. The third-order valence-corrected chi connectivity index (χ3v) is 3.66. The number of methoxy groups -OCH3 is 1. The van der Waals surface area contributed by atoms with Crippen molar-refractivity contribution in [1.29, 1.82) is 0 Å². The van der Waals surface area contributed by atoms with Crippen LogP contribution in [0.5, 0.6) is 5.75 Å². The molecule has 110 valence electrons. The zero-order valence-electron chi connectivity index (χ0n) is 11.6. The average molecular weight is 283 g/mol. The van der Waals surface area contributed by atoms with Crippen LogP contribution in [0.1, 0.15) is 12.8 Å². The maximum absolute atomic E-state index is 13.9. The van der Waals surface area contributed by atoms with Crippen molar-refractivity contribution < 1.29 is 14.1 Å². The van der Waals surface area contributed by atoms with E-state index in [4.69, 9.17) is 4.74 Å². The fourth-order valence-electron chi connectivity index (χ4n) is 2.45. The monoisotopic (exact) mass is 283 g/mol. The lowest BCUT2D eigenvalue weighted by molar-refractivity contribution is -0.385. The number of halogens is 1. The number of hydrogen-bond acceptors (Lipinski definition) is 5. The summed E-state index contributed by atoms with van der Waals surface area (Å²) in [5.74, 6) is -0.586. The molecule has 0 bridgehead atoms. The van der Waals surface area contributed by atoms with Crippen LogP contribution in [0.4, 0.5) is 15.8 Å². The molecule has 0 saturated carbocycles. The lowest BCUT2D eigenvalue weighted by Gasteiger charge is -2.20. The first-order chi connectivity index (χ1) is 9.52. The Kier molecular flexibility index (Phi) is 4.39. The molecule has 6 nitrogen and oxygen atoms in total. The molecule has 1 aromatic carbocycles. The van der Waals surface area contributed by atoms with Crippen LogP contribution in [0.2, 0.25) is 0 Å². The molecular weight excluding hydrogens is 265 g/mol. The summed E-state index contributed by atoms with van der Waals surface area (Å²) < 4.78 is 18.8. The molecule has 0 radical (unpaired) electrons. The number of anilines is 1. The van der Waals surface area contributed by atoms with Crippen LogP contribution in [-0.4, -0.2) is 43.1 Å². The number of nitrogens with one attached hydrogen (secondary N) is 1. The van der Waals surface area contributed by atoms with Gasteiger partial charge < -0.3 is 15.0 Å². The Morgan fingerprint density at radius 2 is 2.35 bits per heavy atom. The quantitative estimate of drug-likeness (QED) is 0.663. The summed E-state index contributed by atoms with van der Waals surface area (Å²) in [5, 5.41) is 13.8. The number of nitrogens with zero attached hydrogens (tertiary/aromatic N) is 2. The van der Waals surface area contributed by atoms with Gasteiger partial charge in [0, 0.05) is 18.7 Å². The fourth-order valence-corrected chi connectivity index (χ4v) is 2.45. The summed E-state index contributed by atoms with van der Waals surface area (Å²) in [7, 11) is 3.36. The average Bonchev–Trinajstić information content (AvgIpc) is 2.82. The molecule has 1 fully saturated rings. The van der Waals surface area contributed by atoms with Gasteiger partial charge in [-0.1, -0.05) is 0 Å². The van der Waals surface area contributed by atoms with Gasteiger partial charge in [-0.3, -0.25) is 10.1 Å². The van der Waals surface area contributed by atoms with Crippen molar-refractivity contribution in [1.82, 2.24) is 4.90 Å². The van der Waals surface area contributed by atoms with Gasteiger partial charge in [-0.05, 0) is 26.4 Å². The van der Waals surface area contributed by atoms with Crippen LogP contribution in [0.25, 0.3) is 0 Å².